The molecule has 1 saturated heterocycles. The first-order valence-corrected chi connectivity index (χ1v) is 11.9. The van der Waals surface area contributed by atoms with Crippen LogP contribution in [0.5, 0.6) is 0 Å². The smallest absolute Gasteiger partial charge is 0.169 e. The second kappa shape index (κ2) is 10.2. The molecule has 3 heterocycles. The van der Waals surface area contributed by atoms with E-state index in [4.69, 9.17) is 11.7 Å². The summed E-state index contributed by atoms with van der Waals surface area (Å²) in [4.78, 5) is 7.22. The topological polar surface area (TPSA) is 110 Å². The molecule has 9 heteroatoms. The highest BCUT2D eigenvalue weighted by atomic mass is 19.1. The predicted octanol–water partition coefficient (Wildman–Crippen LogP) is 3.31. The zero-order valence-corrected chi connectivity index (χ0v) is 19.5. The van der Waals surface area contributed by atoms with Crippen molar-refractivity contribution in [2.75, 3.05) is 19.6 Å². The zero-order valence-electron chi connectivity index (χ0n) is 19.5. The summed E-state index contributed by atoms with van der Waals surface area (Å²) in [6.07, 6.45) is 10.6. The van der Waals surface area contributed by atoms with Crippen LogP contribution in [0.3, 0.4) is 0 Å². The van der Waals surface area contributed by atoms with Gasteiger partial charge in [-0.15, -0.1) is 0 Å². The van der Waals surface area contributed by atoms with Crippen LogP contribution >= 0.6 is 0 Å². The van der Waals surface area contributed by atoms with Gasteiger partial charge < -0.3 is 16.2 Å². The largest absolute Gasteiger partial charge is 0.321 e. The van der Waals surface area contributed by atoms with Gasteiger partial charge in [0.15, 0.2) is 11.5 Å². The highest BCUT2D eigenvalue weighted by Gasteiger charge is 2.15. The van der Waals surface area contributed by atoms with Gasteiger partial charge in [-0.3, -0.25) is 0 Å². The molecule has 0 aliphatic carbocycles. The van der Waals surface area contributed by atoms with Gasteiger partial charge in [0.25, 0.3) is 0 Å². The Kier molecular flexibility index (Phi) is 6.69. The summed E-state index contributed by atoms with van der Waals surface area (Å²) in [6, 6.07) is 13.3. The number of hydrogen-bond donors (Lipinski definition) is 3. The van der Waals surface area contributed by atoms with Crippen LogP contribution in [0.15, 0.2) is 66.2 Å². The Labute approximate surface area is 203 Å². The summed E-state index contributed by atoms with van der Waals surface area (Å²) < 4.78 is 16.0. The lowest BCUT2D eigenvalue weighted by atomic mass is 10.0. The summed E-state index contributed by atoms with van der Waals surface area (Å²) in [5.74, 6) is 10.3. The summed E-state index contributed by atoms with van der Waals surface area (Å²) in [5.41, 5.74) is 8.04. The van der Waals surface area contributed by atoms with Crippen molar-refractivity contribution in [3.05, 3.63) is 78.0 Å². The second-order valence-electron chi connectivity index (χ2n) is 8.83. The number of nitrogens with one attached hydrogen (secondary N) is 1. The Morgan fingerprint density at radius 3 is 2.51 bits per heavy atom. The quantitative estimate of drug-likeness (QED) is 0.172. The number of aromatic nitrogens is 3. The van der Waals surface area contributed by atoms with E-state index in [1.807, 2.05) is 12.4 Å². The number of fused-ring (bicyclic) bond motifs is 1. The van der Waals surface area contributed by atoms with Gasteiger partial charge in [0.2, 0.25) is 0 Å². The molecule has 1 aliphatic heterocycles. The molecular weight excluding hydrogens is 443 g/mol. The van der Waals surface area contributed by atoms with E-state index in [9.17, 15) is 4.39 Å². The average molecular weight is 473 g/mol. The van der Waals surface area contributed by atoms with Crippen LogP contribution in [-0.4, -0.2) is 45.0 Å². The third-order valence-electron chi connectivity index (χ3n) is 6.61. The third-order valence-corrected chi connectivity index (χ3v) is 6.61. The van der Waals surface area contributed by atoms with Crippen molar-refractivity contribution in [3.8, 4) is 22.3 Å². The molecule has 0 saturated carbocycles. The van der Waals surface area contributed by atoms with Gasteiger partial charge >= 0.3 is 0 Å². The van der Waals surface area contributed by atoms with Gasteiger partial charge in [0.05, 0.1) is 11.8 Å². The maximum atomic E-state index is 14.3. The molecule has 180 valence electrons. The van der Waals surface area contributed by atoms with Gasteiger partial charge in [0, 0.05) is 30.1 Å². The lowest BCUT2D eigenvalue weighted by molar-refractivity contribution is 0.231. The van der Waals surface area contributed by atoms with Crippen molar-refractivity contribution in [3.63, 3.8) is 0 Å². The van der Waals surface area contributed by atoms with E-state index >= 15 is 0 Å². The van der Waals surface area contributed by atoms with Crippen molar-refractivity contribution < 1.29 is 4.39 Å². The van der Waals surface area contributed by atoms with E-state index < -0.39 is 5.82 Å². The number of benzene rings is 2. The molecule has 1 aliphatic rings. The predicted molar refractivity (Wildman–Crippen MR) is 136 cm³/mol. The first kappa shape index (κ1) is 22.9. The number of halogens is 1. The molecule has 35 heavy (non-hydrogen) atoms. The van der Waals surface area contributed by atoms with Gasteiger partial charge in [-0.2, -0.15) is 10.2 Å². The number of hydrazine groups is 1. The van der Waals surface area contributed by atoms with Gasteiger partial charge in [0.1, 0.15) is 5.82 Å². The monoisotopic (exact) mass is 472 g/mol. The average Bonchev–Trinajstić information content (AvgIpc) is 3.33. The summed E-state index contributed by atoms with van der Waals surface area (Å²) >= 11 is 0. The molecule has 1 fully saturated rings. The number of amidine groups is 1. The SMILES string of the molecule is N/N=C(\NN)c1cc(-c2cnn3cc(-c4ccc(CCN5CCCCC5)cc4)cnc23)ccc1F. The van der Waals surface area contributed by atoms with Crippen LogP contribution in [0.25, 0.3) is 27.9 Å². The summed E-state index contributed by atoms with van der Waals surface area (Å²) in [7, 11) is 0. The number of rotatable bonds is 6. The van der Waals surface area contributed by atoms with Crippen molar-refractivity contribution in [1.82, 2.24) is 24.9 Å². The van der Waals surface area contributed by atoms with E-state index in [1.54, 1.807) is 22.8 Å². The summed E-state index contributed by atoms with van der Waals surface area (Å²) in [6.45, 7) is 3.56. The summed E-state index contributed by atoms with van der Waals surface area (Å²) in [5, 5.41) is 7.99. The number of hydrazone groups is 1. The highest BCUT2D eigenvalue weighted by molar-refractivity contribution is 5.99. The number of nitrogens with zero attached hydrogens (tertiary/aromatic N) is 5. The Morgan fingerprint density at radius 2 is 1.77 bits per heavy atom. The van der Waals surface area contributed by atoms with E-state index in [0.717, 1.165) is 35.2 Å². The van der Waals surface area contributed by atoms with Crippen molar-refractivity contribution in [2.45, 2.75) is 25.7 Å². The lowest BCUT2D eigenvalue weighted by Gasteiger charge is -2.26. The molecule has 2 aromatic carbocycles. The van der Waals surface area contributed by atoms with Gasteiger partial charge in [-0.25, -0.2) is 19.7 Å². The fourth-order valence-corrected chi connectivity index (χ4v) is 4.62. The first-order valence-electron chi connectivity index (χ1n) is 11.9. The maximum Gasteiger partial charge on any atom is 0.169 e. The molecule has 4 aromatic rings. The highest BCUT2D eigenvalue weighted by Crippen LogP contribution is 2.27. The molecule has 0 radical (unpaired) electrons. The fraction of sp³-hybridized carbons (Fsp3) is 0.269. The van der Waals surface area contributed by atoms with Crippen LogP contribution in [0, 0.1) is 5.82 Å². The van der Waals surface area contributed by atoms with Gasteiger partial charge in [-0.05, 0) is 61.2 Å². The lowest BCUT2D eigenvalue weighted by Crippen LogP contribution is -2.32. The molecule has 0 spiro atoms. The number of hydrogen-bond acceptors (Lipinski definition) is 6. The van der Waals surface area contributed by atoms with E-state index in [1.165, 1.54) is 44.0 Å². The van der Waals surface area contributed by atoms with Crippen LogP contribution in [0.4, 0.5) is 4.39 Å². The number of likely N-dealkylation sites (tertiary alicyclic amines) is 1. The van der Waals surface area contributed by atoms with Crippen LogP contribution in [0.1, 0.15) is 30.4 Å². The molecule has 0 amide bonds. The third kappa shape index (κ3) is 4.87. The van der Waals surface area contributed by atoms with Crippen LogP contribution in [-0.2, 0) is 6.42 Å². The minimum atomic E-state index is -0.484. The minimum Gasteiger partial charge on any atom is -0.321 e. The first-order chi connectivity index (χ1) is 17.2. The maximum absolute atomic E-state index is 14.3. The molecule has 5 N–H and O–H groups in total. The molecule has 2 aromatic heterocycles. The van der Waals surface area contributed by atoms with Crippen molar-refractivity contribution in [2.24, 2.45) is 16.8 Å². The molecular formula is C26H29FN8. The second-order valence-corrected chi connectivity index (χ2v) is 8.83. The van der Waals surface area contributed by atoms with E-state index in [-0.39, 0.29) is 11.4 Å². The molecule has 0 atom stereocenters. The van der Waals surface area contributed by atoms with E-state index in [2.05, 4.69) is 49.8 Å². The van der Waals surface area contributed by atoms with Gasteiger partial charge in [-0.1, -0.05) is 36.8 Å². The van der Waals surface area contributed by atoms with Crippen LogP contribution in [0.2, 0.25) is 0 Å². The van der Waals surface area contributed by atoms with Crippen LogP contribution < -0.4 is 17.1 Å². The zero-order chi connectivity index (χ0) is 24.2. The number of piperidine rings is 1. The van der Waals surface area contributed by atoms with E-state index in [0.29, 0.717) is 5.65 Å². The fourth-order valence-electron chi connectivity index (χ4n) is 4.62. The Bertz CT molecular complexity index is 1340. The molecule has 8 nitrogen and oxygen atoms in total. The molecule has 5 rings (SSSR count). The Hall–Kier alpha value is -3.82. The van der Waals surface area contributed by atoms with Crippen molar-refractivity contribution >= 4 is 11.5 Å². The molecule has 0 unspecified atom stereocenters. The minimum absolute atomic E-state index is 0.0513. The normalized spacial score (nSPS) is 15.0. The Balaban J connectivity index is 1.36. The standard InChI is InChI=1S/C26H29FN8/c27-24-9-8-20(14-22(24)25(32-28)33-29)23-16-31-35-17-21(15-30-26(23)35)19-6-4-18(5-7-19)10-13-34-11-2-1-3-12-34/h4-9,14-17H,1-3,10-13,28-29H2,(H,32,33). The number of nitrogens with two attached hydrogens (primary N) is 2. The Morgan fingerprint density at radius 1 is 1.00 bits per heavy atom. The van der Waals surface area contributed by atoms with Crippen molar-refractivity contribution in [1.29, 1.82) is 0 Å². The molecule has 0 bridgehead atoms.